The number of hydrogen-bond donors (Lipinski definition) is 1. The third-order valence-corrected chi connectivity index (χ3v) is 6.15. The van der Waals surface area contributed by atoms with E-state index in [1.807, 2.05) is 6.92 Å². The lowest BCUT2D eigenvalue weighted by Crippen LogP contribution is -2.51. The summed E-state index contributed by atoms with van der Waals surface area (Å²) in [4.78, 5) is 36.2. The molecule has 3 rings (SSSR count). The maximum absolute atomic E-state index is 12.3. The van der Waals surface area contributed by atoms with Crippen LogP contribution in [0.4, 0.5) is 4.79 Å². The minimum atomic E-state index is -0.383. The van der Waals surface area contributed by atoms with Crippen LogP contribution in [-0.2, 0) is 19.1 Å². The van der Waals surface area contributed by atoms with E-state index in [0.717, 1.165) is 25.7 Å². The third kappa shape index (κ3) is 3.05. The predicted octanol–water partition coefficient (Wildman–Crippen LogP) is 0.875. The number of amides is 1. The second-order valence-corrected chi connectivity index (χ2v) is 7.50. The van der Waals surface area contributed by atoms with Crippen molar-refractivity contribution >= 4 is 25.6 Å². The molecule has 1 heterocycles. The SMILES string of the molecule is BC(=O)[C@H]1C2CC[C@@H](NC(=O)OCC)C[C@H]2C[C@H]2C(=O)O[C@H](C)[C@H]21. The normalized spacial score (nSPS) is 40.9. The number of esters is 1. The van der Waals surface area contributed by atoms with Gasteiger partial charge in [0.05, 0.1) is 18.2 Å². The molecule has 132 valence electrons. The van der Waals surface area contributed by atoms with Crippen molar-refractivity contribution < 1.29 is 23.9 Å². The number of cyclic esters (lactones) is 1. The summed E-state index contributed by atoms with van der Waals surface area (Å²) in [6.07, 6.45) is 2.77. The second-order valence-electron chi connectivity index (χ2n) is 7.50. The molecule has 1 aliphatic heterocycles. The quantitative estimate of drug-likeness (QED) is 0.611. The molecule has 0 radical (unpaired) electrons. The highest BCUT2D eigenvalue weighted by Gasteiger charge is 2.56. The van der Waals surface area contributed by atoms with Gasteiger partial charge in [-0.3, -0.25) is 4.79 Å². The number of nitrogens with one attached hydrogen (secondary N) is 1. The van der Waals surface area contributed by atoms with E-state index in [1.54, 1.807) is 14.8 Å². The standard InChI is InChI=1S/C17H26BNO5/c1-3-23-17(22)19-10-4-5-11-9(6-10)7-12-13(14(11)15(18)20)8(2)24-16(12)21/h8-14H,3-7,18H2,1-2H3,(H,19,22)/t8-,9+,10-,11?,12-,13-,14+/m1/s1. The van der Waals surface area contributed by atoms with Crippen molar-refractivity contribution in [3.05, 3.63) is 0 Å². The summed E-state index contributed by atoms with van der Waals surface area (Å²) in [7, 11) is 1.64. The molecular weight excluding hydrogens is 309 g/mol. The Bertz CT molecular complexity index is 539. The predicted molar refractivity (Wildman–Crippen MR) is 89.0 cm³/mol. The Morgan fingerprint density at radius 2 is 2.08 bits per heavy atom. The van der Waals surface area contributed by atoms with Gasteiger partial charge >= 0.3 is 12.1 Å². The van der Waals surface area contributed by atoms with Crippen LogP contribution >= 0.6 is 0 Å². The molecule has 7 atom stereocenters. The van der Waals surface area contributed by atoms with E-state index in [4.69, 9.17) is 9.47 Å². The van der Waals surface area contributed by atoms with E-state index in [9.17, 15) is 14.4 Å². The average Bonchev–Trinajstić information content (AvgIpc) is 2.79. The molecular formula is C17H26BNO5. The molecule has 0 bridgehead atoms. The van der Waals surface area contributed by atoms with E-state index in [1.165, 1.54) is 0 Å². The van der Waals surface area contributed by atoms with Crippen LogP contribution in [0.25, 0.3) is 0 Å². The van der Waals surface area contributed by atoms with Crippen molar-refractivity contribution in [2.45, 2.75) is 51.7 Å². The summed E-state index contributed by atoms with van der Waals surface area (Å²) in [5, 5.41) is 2.91. The van der Waals surface area contributed by atoms with Crippen molar-refractivity contribution in [3.63, 3.8) is 0 Å². The first-order valence-electron chi connectivity index (χ1n) is 9.06. The zero-order chi connectivity index (χ0) is 17.4. The molecule has 0 aromatic rings. The van der Waals surface area contributed by atoms with Crippen molar-refractivity contribution in [2.24, 2.45) is 29.6 Å². The van der Waals surface area contributed by atoms with E-state index >= 15 is 0 Å². The van der Waals surface area contributed by atoms with Gasteiger partial charge in [-0.1, -0.05) is 0 Å². The summed E-state index contributed by atoms with van der Waals surface area (Å²) in [5.41, 5.74) is 0.168. The molecule has 6 nitrogen and oxygen atoms in total. The van der Waals surface area contributed by atoms with E-state index < -0.39 is 0 Å². The molecule has 1 saturated heterocycles. The van der Waals surface area contributed by atoms with Gasteiger partial charge in [-0.2, -0.15) is 0 Å². The number of hydrogen-bond acceptors (Lipinski definition) is 5. The lowest BCUT2D eigenvalue weighted by Gasteiger charge is -2.47. The van der Waals surface area contributed by atoms with Gasteiger partial charge in [-0.15, -0.1) is 0 Å². The van der Waals surface area contributed by atoms with Crippen LogP contribution in [0, 0.1) is 29.6 Å². The Labute approximate surface area is 143 Å². The molecule has 0 aromatic carbocycles. The van der Waals surface area contributed by atoms with Crippen LogP contribution in [0.15, 0.2) is 0 Å². The summed E-state index contributed by atoms with van der Waals surface area (Å²) in [6, 6.07) is 0.0595. The van der Waals surface area contributed by atoms with Crippen LogP contribution in [0.5, 0.6) is 0 Å². The molecule has 1 amide bonds. The fraction of sp³-hybridized carbons (Fsp3) is 0.824. The maximum Gasteiger partial charge on any atom is 0.407 e. The van der Waals surface area contributed by atoms with Gasteiger partial charge in [-0.25, -0.2) is 4.79 Å². The molecule has 24 heavy (non-hydrogen) atoms. The summed E-state index contributed by atoms with van der Waals surface area (Å²) in [6.45, 7) is 4.04. The van der Waals surface area contributed by atoms with Crippen LogP contribution in [0.2, 0.25) is 0 Å². The Morgan fingerprint density at radius 3 is 2.75 bits per heavy atom. The highest BCUT2D eigenvalue weighted by molar-refractivity contribution is 6.58. The van der Waals surface area contributed by atoms with Gasteiger partial charge in [0.2, 0.25) is 0 Å². The molecule has 7 heteroatoms. The van der Waals surface area contributed by atoms with Crippen LogP contribution in [-0.4, -0.2) is 44.3 Å². The molecule has 1 N–H and O–H groups in total. The Hall–Kier alpha value is -1.53. The molecule has 2 aliphatic carbocycles. The fourth-order valence-corrected chi connectivity index (χ4v) is 5.31. The number of rotatable bonds is 3. The largest absolute Gasteiger partial charge is 0.462 e. The number of ether oxygens (including phenoxy) is 2. The van der Waals surface area contributed by atoms with Crippen LogP contribution in [0.3, 0.4) is 0 Å². The van der Waals surface area contributed by atoms with E-state index in [2.05, 4.69) is 5.32 Å². The molecule has 0 spiro atoms. The maximum atomic E-state index is 12.3. The van der Waals surface area contributed by atoms with Crippen LogP contribution in [0.1, 0.15) is 39.5 Å². The summed E-state index contributed by atoms with van der Waals surface area (Å²) < 4.78 is 10.4. The van der Waals surface area contributed by atoms with Gasteiger partial charge in [0, 0.05) is 17.9 Å². The lowest BCUT2D eigenvalue weighted by molar-refractivity contribution is -0.144. The van der Waals surface area contributed by atoms with E-state index in [0.29, 0.717) is 12.5 Å². The first-order valence-corrected chi connectivity index (χ1v) is 9.06. The first kappa shape index (κ1) is 17.3. The van der Waals surface area contributed by atoms with Crippen molar-refractivity contribution in [2.75, 3.05) is 6.61 Å². The van der Waals surface area contributed by atoms with Gasteiger partial charge in [0.1, 0.15) is 6.10 Å². The van der Waals surface area contributed by atoms with Crippen molar-refractivity contribution in [1.82, 2.24) is 5.32 Å². The summed E-state index contributed by atoms with van der Waals surface area (Å²) >= 11 is 0. The Balaban J connectivity index is 1.74. The van der Waals surface area contributed by atoms with Crippen molar-refractivity contribution in [1.29, 1.82) is 0 Å². The Kier molecular flexibility index (Phi) is 4.88. The number of carbonyl (C=O) groups excluding carboxylic acids is 3. The highest BCUT2D eigenvalue weighted by Crippen LogP contribution is 2.53. The number of alkyl carbamates (subject to hydrolysis) is 1. The monoisotopic (exact) mass is 335 g/mol. The molecule has 3 aliphatic rings. The molecule has 0 aromatic heterocycles. The fourth-order valence-electron chi connectivity index (χ4n) is 5.31. The second kappa shape index (κ2) is 6.77. The smallest absolute Gasteiger partial charge is 0.407 e. The van der Waals surface area contributed by atoms with Gasteiger partial charge in [0.15, 0.2) is 7.85 Å². The minimum absolute atomic E-state index is 0.0193. The zero-order valence-electron chi connectivity index (χ0n) is 14.6. The van der Waals surface area contributed by atoms with Gasteiger partial charge in [-0.05, 0) is 51.4 Å². The molecule has 2 saturated carbocycles. The van der Waals surface area contributed by atoms with E-state index in [-0.39, 0.29) is 53.6 Å². The molecule has 3 fully saturated rings. The summed E-state index contributed by atoms with van der Waals surface area (Å²) in [5.74, 6) is 0.165. The number of carbonyl (C=O) groups is 3. The van der Waals surface area contributed by atoms with Gasteiger partial charge < -0.3 is 19.6 Å². The minimum Gasteiger partial charge on any atom is -0.462 e. The average molecular weight is 335 g/mol. The zero-order valence-corrected chi connectivity index (χ0v) is 14.6. The number of fused-ring (bicyclic) bond motifs is 2. The third-order valence-electron chi connectivity index (χ3n) is 6.15. The topological polar surface area (TPSA) is 81.7 Å². The Morgan fingerprint density at radius 1 is 1.33 bits per heavy atom. The first-order chi connectivity index (χ1) is 11.4. The van der Waals surface area contributed by atoms with Crippen molar-refractivity contribution in [3.8, 4) is 0 Å². The highest BCUT2D eigenvalue weighted by atomic mass is 16.6. The van der Waals surface area contributed by atoms with Crippen LogP contribution < -0.4 is 5.32 Å². The molecule has 1 unspecified atom stereocenters. The van der Waals surface area contributed by atoms with Gasteiger partial charge in [0.25, 0.3) is 0 Å². The lowest BCUT2D eigenvalue weighted by atomic mass is 9.54.